The molecule has 0 aliphatic carbocycles. The molecule has 0 radical (unpaired) electrons. The lowest BCUT2D eigenvalue weighted by molar-refractivity contribution is -0.137. The highest BCUT2D eigenvalue weighted by molar-refractivity contribution is 5.83. The summed E-state index contributed by atoms with van der Waals surface area (Å²) in [5.41, 5.74) is 3.04. The molecule has 0 spiro atoms. The topological polar surface area (TPSA) is 109 Å². The van der Waals surface area contributed by atoms with E-state index in [4.69, 9.17) is 9.63 Å². The molecule has 24 heavy (non-hydrogen) atoms. The second-order valence-electron chi connectivity index (χ2n) is 5.79. The van der Waals surface area contributed by atoms with Gasteiger partial charge in [-0.3, -0.25) is 9.59 Å². The molecule has 3 aromatic rings. The molecule has 7 nitrogen and oxygen atoms in total. The Labute approximate surface area is 137 Å². The van der Waals surface area contributed by atoms with Crippen molar-refractivity contribution in [3.05, 3.63) is 45.6 Å². The van der Waals surface area contributed by atoms with Gasteiger partial charge < -0.3 is 14.6 Å². The van der Waals surface area contributed by atoms with Gasteiger partial charge in [0.1, 0.15) is 0 Å². The van der Waals surface area contributed by atoms with Gasteiger partial charge in [-0.15, -0.1) is 0 Å². The predicted octanol–water partition coefficient (Wildman–Crippen LogP) is 2.60. The quantitative estimate of drug-likeness (QED) is 0.745. The lowest BCUT2D eigenvalue weighted by atomic mass is 10.0. The number of aliphatic carboxylic acids is 1. The summed E-state index contributed by atoms with van der Waals surface area (Å²) < 4.78 is 5.10. The number of aromatic amines is 1. The van der Waals surface area contributed by atoms with Gasteiger partial charge >= 0.3 is 5.97 Å². The third kappa shape index (κ3) is 3.19. The molecule has 0 saturated heterocycles. The minimum Gasteiger partial charge on any atom is -0.481 e. The second-order valence-corrected chi connectivity index (χ2v) is 5.79. The minimum atomic E-state index is -0.869. The van der Waals surface area contributed by atoms with Gasteiger partial charge in [-0.2, -0.15) is 4.98 Å². The van der Waals surface area contributed by atoms with Crippen LogP contribution in [-0.4, -0.2) is 26.2 Å². The van der Waals surface area contributed by atoms with E-state index in [9.17, 15) is 9.59 Å². The van der Waals surface area contributed by atoms with Gasteiger partial charge in [-0.1, -0.05) is 5.16 Å². The number of fused-ring (bicyclic) bond motifs is 1. The highest BCUT2D eigenvalue weighted by Gasteiger charge is 2.14. The third-order valence-electron chi connectivity index (χ3n) is 3.95. The number of hydrogen-bond acceptors (Lipinski definition) is 5. The molecular weight excluding hydrogens is 310 g/mol. The Morgan fingerprint density at radius 2 is 2.00 bits per heavy atom. The molecule has 0 fully saturated rings. The molecule has 124 valence electrons. The Morgan fingerprint density at radius 1 is 1.25 bits per heavy atom. The van der Waals surface area contributed by atoms with Gasteiger partial charge in [-0.25, -0.2) is 0 Å². The summed E-state index contributed by atoms with van der Waals surface area (Å²) in [6, 6.07) is 5.67. The molecule has 1 aromatic carbocycles. The van der Waals surface area contributed by atoms with Crippen LogP contribution in [0.4, 0.5) is 0 Å². The molecule has 2 N–H and O–H groups in total. The first-order chi connectivity index (χ1) is 11.4. The fourth-order valence-corrected chi connectivity index (χ4v) is 2.50. The molecule has 0 amide bonds. The first kappa shape index (κ1) is 15.9. The molecule has 0 aliphatic rings. The van der Waals surface area contributed by atoms with Crippen LogP contribution in [-0.2, 0) is 11.2 Å². The van der Waals surface area contributed by atoms with E-state index in [0.717, 1.165) is 22.0 Å². The number of pyridine rings is 1. The maximum absolute atomic E-state index is 12.3. The number of H-pyrrole nitrogens is 1. The van der Waals surface area contributed by atoms with Crippen molar-refractivity contribution in [2.75, 3.05) is 0 Å². The van der Waals surface area contributed by atoms with Crippen molar-refractivity contribution < 1.29 is 14.4 Å². The van der Waals surface area contributed by atoms with Crippen molar-refractivity contribution in [2.45, 2.75) is 33.1 Å². The lowest BCUT2D eigenvalue weighted by Gasteiger charge is -2.04. The maximum atomic E-state index is 12.3. The molecule has 2 aromatic heterocycles. The average molecular weight is 327 g/mol. The fraction of sp³-hybridized carbons (Fsp3) is 0.294. The van der Waals surface area contributed by atoms with Crippen LogP contribution in [0.3, 0.4) is 0 Å². The molecule has 0 aliphatic heterocycles. The van der Waals surface area contributed by atoms with E-state index >= 15 is 0 Å². The maximum Gasteiger partial charge on any atom is 0.303 e. The summed E-state index contributed by atoms with van der Waals surface area (Å²) in [6.07, 6.45) is 0.805. The van der Waals surface area contributed by atoms with Crippen molar-refractivity contribution in [2.24, 2.45) is 0 Å². The molecule has 7 heteroatoms. The van der Waals surface area contributed by atoms with Gasteiger partial charge in [0.25, 0.3) is 5.56 Å². The molecular formula is C17H17N3O4. The Morgan fingerprint density at radius 3 is 2.75 bits per heavy atom. The molecule has 0 bridgehead atoms. The van der Waals surface area contributed by atoms with E-state index in [1.807, 2.05) is 26.0 Å². The number of carbonyl (C=O) groups is 1. The number of carboxylic acids is 1. The number of benzene rings is 1. The summed E-state index contributed by atoms with van der Waals surface area (Å²) in [6.45, 7) is 4.00. The number of carboxylic acid groups (broad SMARTS) is 1. The molecule has 3 rings (SSSR count). The Bertz CT molecular complexity index is 972. The second kappa shape index (κ2) is 6.27. The van der Waals surface area contributed by atoms with Gasteiger partial charge in [-0.05, 0) is 55.0 Å². The minimum absolute atomic E-state index is 0.0346. The zero-order valence-corrected chi connectivity index (χ0v) is 13.4. The first-order valence-corrected chi connectivity index (χ1v) is 7.63. The normalized spacial score (nSPS) is 11.1. The summed E-state index contributed by atoms with van der Waals surface area (Å²) in [7, 11) is 0. The summed E-state index contributed by atoms with van der Waals surface area (Å²) in [4.78, 5) is 29.8. The van der Waals surface area contributed by atoms with Crippen molar-refractivity contribution in [3.63, 3.8) is 0 Å². The molecule has 2 heterocycles. The van der Waals surface area contributed by atoms with E-state index in [-0.39, 0.29) is 17.8 Å². The Balaban J connectivity index is 1.93. The van der Waals surface area contributed by atoms with E-state index in [1.54, 1.807) is 6.07 Å². The monoisotopic (exact) mass is 327 g/mol. The molecule has 0 unspecified atom stereocenters. The largest absolute Gasteiger partial charge is 0.481 e. The fourth-order valence-electron chi connectivity index (χ4n) is 2.50. The standard InChI is InChI=1S/C17H17N3O4/c1-9-6-11-8-12(17(23)18-13(11)7-10(9)2)16-19-14(24-20-16)4-3-5-15(21)22/h6-8H,3-5H2,1-2H3,(H,18,23)(H,21,22). The SMILES string of the molecule is Cc1cc2cc(-c3noc(CCCC(=O)O)n3)c(=O)[nH]c2cc1C. The van der Waals surface area contributed by atoms with Crippen molar-refractivity contribution >= 4 is 16.9 Å². The molecule has 0 atom stereocenters. The zero-order chi connectivity index (χ0) is 17.3. The summed E-state index contributed by atoms with van der Waals surface area (Å²) in [5, 5.41) is 13.4. The van der Waals surface area contributed by atoms with Crippen molar-refractivity contribution in [3.8, 4) is 11.4 Å². The molecule has 0 saturated carbocycles. The van der Waals surface area contributed by atoms with Gasteiger partial charge in [0.05, 0.1) is 5.56 Å². The van der Waals surface area contributed by atoms with Crippen LogP contribution in [0.5, 0.6) is 0 Å². The lowest BCUT2D eigenvalue weighted by Crippen LogP contribution is -2.09. The van der Waals surface area contributed by atoms with E-state index < -0.39 is 5.97 Å². The van der Waals surface area contributed by atoms with E-state index in [2.05, 4.69) is 15.1 Å². The predicted molar refractivity (Wildman–Crippen MR) is 87.9 cm³/mol. The first-order valence-electron chi connectivity index (χ1n) is 7.63. The Kier molecular flexibility index (Phi) is 4.16. The number of aryl methyl sites for hydroxylation is 3. The van der Waals surface area contributed by atoms with E-state index in [0.29, 0.717) is 24.3 Å². The number of hydrogen-bond donors (Lipinski definition) is 2. The highest BCUT2D eigenvalue weighted by Crippen LogP contribution is 2.21. The van der Waals surface area contributed by atoms with Crippen molar-refractivity contribution in [1.29, 1.82) is 0 Å². The zero-order valence-electron chi connectivity index (χ0n) is 13.4. The van der Waals surface area contributed by atoms with Crippen LogP contribution in [0.15, 0.2) is 27.5 Å². The van der Waals surface area contributed by atoms with Crippen LogP contribution in [0.1, 0.15) is 29.9 Å². The van der Waals surface area contributed by atoms with Gasteiger partial charge in [0.2, 0.25) is 11.7 Å². The van der Waals surface area contributed by atoms with Gasteiger partial charge in [0, 0.05) is 18.4 Å². The number of nitrogens with zero attached hydrogens (tertiary/aromatic N) is 2. The average Bonchev–Trinajstić information content (AvgIpc) is 2.97. The Hall–Kier alpha value is -2.96. The van der Waals surface area contributed by atoms with Crippen LogP contribution in [0.2, 0.25) is 0 Å². The van der Waals surface area contributed by atoms with Crippen LogP contribution in [0.25, 0.3) is 22.3 Å². The van der Waals surface area contributed by atoms with Crippen LogP contribution >= 0.6 is 0 Å². The van der Waals surface area contributed by atoms with Crippen LogP contribution < -0.4 is 5.56 Å². The summed E-state index contributed by atoms with van der Waals surface area (Å²) in [5.74, 6) is -0.334. The number of rotatable bonds is 5. The smallest absolute Gasteiger partial charge is 0.303 e. The number of nitrogens with one attached hydrogen (secondary N) is 1. The van der Waals surface area contributed by atoms with Crippen molar-refractivity contribution in [1.82, 2.24) is 15.1 Å². The number of aromatic nitrogens is 3. The summed E-state index contributed by atoms with van der Waals surface area (Å²) >= 11 is 0. The van der Waals surface area contributed by atoms with E-state index in [1.165, 1.54) is 0 Å². The third-order valence-corrected chi connectivity index (χ3v) is 3.95. The highest BCUT2D eigenvalue weighted by atomic mass is 16.5. The van der Waals surface area contributed by atoms with Gasteiger partial charge in [0.15, 0.2) is 0 Å². The van der Waals surface area contributed by atoms with Crippen LogP contribution in [0, 0.1) is 13.8 Å².